The number of amides is 1. The lowest BCUT2D eigenvalue weighted by molar-refractivity contribution is -0.385. The van der Waals surface area contributed by atoms with Crippen molar-refractivity contribution in [2.75, 3.05) is 5.32 Å². The lowest BCUT2D eigenvalue weighted by Crippen LogP contribution is -2.18. The first kappa shape index (κ1) is 16.7. The van der Waals surface area contributed by atoms with E-state index >= 15 is 0 Å². The molecule has 1 aromatic carbocycles. The number of benzene rings is 1. The minimum Gasteiger partial charge on any atom is -0.302 e. The van der Waals surface area contributed by atoms with E-state index in [4.69, 9.17) is 11.6 Å². The molecule has 0 aliphatic carbocycles. The van der Waals surface area contributed by atoms with Gasteiger partial charge in [-0.25, -0.2) is 0 Å². The number of nitro groups is 1. The number of nitrogens with one attached hydrogen (secondary N) is 1. The highest BCUT2D eigenvalue weighted by Crippen LogP contribution is 2.23. The third kappa shape index (κ3) is 3.50. The summed E-state index contributed by atoms with van der Waals surface area (Å²) in [6.07, 6.45) is 2.59. The second-order valence-electron chi connectivity index (χ2n) is 5.22. The first-order valence-corrected chi connectivity index (χ1v) is 7.58. The number of nitrogens with zero attached hydrogens (tertiary/aromatic N) is 5. The number of aromatic nitrogens is 4. The van der Waals surface area contributed by atoms with Crippen LogP contribution in [0.2, 0.25) is 5.02 Å². The lowest BCUT2D eigenvalue weighted by atomic mass is 10.2. The van der Waals surface area contributed by atoms with Crippen LogP contribution in [-0.4, -0.2) is 30.4 Å². The first-order chi connectivity index (χ1) is 12.0. The third-order valence-electron chi connectivity index (χ3n) is 3.47. The molecule has 9 nitrogen and oxygen atoms in total. The van der Waals surface area contributed by atoms with Gasteiger partial charge < -0.3 is 5.32 Å². The van der Waals surface area contributed by atoms with Crippen LogP contribution in [0.5, 0.6) is 0 Å². The molecule has 0 unspecified atom stereocenters. The summed E-state index contributed by atoms with van der Waals surface area (Å²) in [5.74, 6) is -0.586. The molecule has 0 aliphatic heterocycles. The highest BCUT2D eigenvalue weighted by molar-refractivity contribution is 6.33. The number of hydrogen-bond donors (Lipinski definition) is 1. The molecule has 0 radical (unpaired) electrons. The van der Waals surface area contributed by atoms with Crippen molar-refractivity contribution in [3.05, 3.63) is 69.1 Å². The highest BCUT2D eigenvalue weighted by Gasteiger charge is 2.26. The van der Waals surface area contributed by atoms with Gasteiger partial charge in [-0.1, -0.05) is 41.9 Å². The van der Waals surface area contributed by atoms with Gasteiger partial charge in [0.1, 0.15) is 11.2 Å². The Hall–Kier alpha value is -3.20. The Bertz CT molecular complexity index is 934. The van der Waals surface area contributed by atoms with Crippen LogP contribution in [0.1, 0.15) is 16.1 Å². The van der Waals surface area contributed by atoms with Crippen molar-refractivity contribution in [1.82, 2.24) is 19.6 Å². The van der Waals surface area contributed by atoms with Crippen molar-refractivity contribution >= 4 is 29.0 Å². The monoisotopic (exact) mass is 360 g/mol. The van der Waals surface area contributed by atoms with Crippen LogP contribution in [0.25, 0.3) is 0 Å². The Balaban J connectivity index is 1.81. The zero-order valence-corrected chi connectivity index (χ0v) is 13.8. The van der Waals surface area contributed by atoms with E-state index in [0.717, 1.165) is 16.4 Å². The second-order valence-corrected chi connectivity index (χ2v) is 5.63. The van der Waals surface area contributed by atoms with Gasteiger partial charge in [0.15, 0.2) is 5.82 Å². The van der Waals surface area contributed by atoms with Crippen molar-refractivity contribution in [2.45, 2.75) is 6.54 Å². The highest BCUT2D eigenvalue weighted by atomic mass is 35.5. The number of aryl methyl sites for hydroxylation is 1. The van der Waals surface area contributed by atoms with E-state index < -0.39 is 10.8 Å². The van der Waals surface area contributed by atoms with Crippen molar-refractivity contribution < 1.29 is 9.72 Å². The van der Waals surface area contributed by atoms with Crippen molar-refractivity contribution in [3.63, 3.8) is 0 Å². The largest absolute Gasteiger partial charge is 0.320 e. The average molecular weight is 361 g/mol. The van der Waals surface area contributed by atoms with Crippen LogP contribution in [-0.2, 0) is 13.6 Å². The standard InChI is InChI=1S/C15H13ClN6O3/c1-20-13(12(7-17-20)22(24)25)15(23)18-14-11(16)9-21(19-14)8-10-5-3-2-4-6-10/h2-7,9H,8H2,1H3,(H,18,19,23). The van der Waals surface area contributed by atoms with Crippen LogP contribution in [0.15, 0.2) is 42.7 Å². The van der Waals surface area contributed by atoms with Gasteiger partial charge >= 0.3 is 5.69 Å². The Morgan fingerprint density at radius 1 is 1.36 bits per heavy atom. The number of carbonyl (C=O) groups excluding carboxylic acids is 1. The molecule has 0 spiro atoms. The van der Waals surface area contributed by atoms with E-state index in [1.807, 2.05) is 30.3 Å². The summed E-state index contributed by atoms with van der Waals surface area (Å²) in [5.41, 5.74) is 0.445. The quantitative estimate of drug-likeness (QED) is 0.555. The Morgan fingerprint density at radius 3 is 2.76 bits per heavy atom. The van der Waals surface area contributed by atoms with Crippen LogP contribution in [0.4, 0.5) is 11.5 Å². The minimum absolute atomic E-state index is 0.123. The molecule has 0 saturated carbocycles. The molecular weight excluding hydrogens is 348 g/mol. The van der Waals surface area contributed by atoms with Gasteiger partial charge in [-0.3, -0.25) is 24.3 Å². The first-order valence-electron chi connectivity index (χ1n) is 7.20. The summed E-state index contributed by atoms with van der Waals surface area (Å²) in [6, 6.07) is 9.60. The van der Waals surface area contributed by atoms with Gasteiger partial charge in [-0.2, -0.15) is 10.2 Å². The molecule has 0 atom stereocenters. The molecule has 1 N–H and O–H groups in total. The molecule has 25 heavy (non-hydrogen) atoms. The average Bonchev–Trinajstić information content (AvgIpc) is 3.11. The molecule has 1 amide bonds. The van der Waals surface area contributed by atoms with Crippen LogP contribution in [0.3, 0.4) is 0 Å². The van der Waals surface area contributed by atoms with Crippen LogP contribution < -0.4 is 5.32 Å². The fourth-order valence-electron chi connectivity index (χ4n) is 2.32. The van der Waals surface area contributed by atoms with Crippen LogP contribution in [0, 0.1) is 10.1 Å². The summed E-state index contributed by atoms with van der Waals surface area (Å²) in [4.78, 5) is 22.7. The molecule has 0 aliphatic rings. The van der Waals surface area contributed by atoms with Crippen LogP contribution >= 0.6 is 11.6 Å². The number of hydrogen-bond acceptors (Lipinski definition) is 5. The molecule has 10 heteroatoms. The summed E-state index contributed by atoms with van der Waals surface area (Å²) >= 11 is 6.10. The maximum Gasteiger partial charge on any atom is 0.320 e. The van der Waals surface area contributed by atoms with E-state index in [1.165, 1.54) is 7.05 Å². The summed E-state index contributed by atoms with van der Waals surface area (Å²) in [6.45, 7) is 0.474. The van der Waals surface area contributed by atoms with E-state index in [-0.39, 0.29) is 22.2 Å². The molecule has 3 aromatic rings. The zero-order valence-electron chi connectivity index (χ0n) is 13.1. The normalized spacial score (nSPS) is 10.6. The number of anilines is 1. The maximum atomic E-state index is 12.4. The van der Waals surface area contributed by atoms with Crippen molar-refractivity contribution in [3.8, 4) is 0 Å². The smallest absolute Gasteiger partial charge is 0.302 e. The predicted molar refractivity (Wildman–Crippen MR) is 90.6 cm³/mol. The summed E-state index contributed by atoms with van der Waals surface area (Å²) in [5, 5.41) is 21.7. The Kier molecular flexibility index (Phi) is 4.48. The third-order valence-corrected chi connectivity index (χ3v) is 3.74. The van der Waals surface area contributed by atoms with Gasteiger partial charge in [0.05, 0.1) is 11.5 Å². The second kappa shape index (κ2) is 6.73. The predicted octanol–water partition coefficient (Wildman–Crippen LogP) is 2.48. The summed E-state index contributed by atoms with van der Waals surface area (Å²) < 4.78 is 2.70. The molecular formula is C15H13ClN6O3. The topological polar surface area (TPSA) is 108 Å². The molecule has 2 heterocycles. The van der Waals surface area contributed by atoms with Gasteiger partial charge in [-0.15, -0.1) is 0 Å². The van der Waals surface area contributed by atoms with E-state index in [9.17, 15) is 14.9 Å². The summed E-state index contributed by atoms with van der Waals surface area (Å²) in [7, 11) is 1.44. The Labute approximate surface area is 147 Å². The molecule has 2 aromatic heterocycles. The van der Waals surface area contributed by atoms with Gasteiger partial charge in [-0.05, 0) is 5.56 Å². The molecule has 0 fully saturated rings. The number of halogens is 1. The number of rotatable bonds is 5. The van der Waals surface area contributed by atoms with Crippen molar-refractivity contribution in [2.24, 2.45) is 7.05 Å². The Morgan fingerprint density at radius 2 is 2.08 bits per heavy atom. The fraction of sp³-hybridized carbons (Fsp3) is 0.133. The van der Waals surface area contributed by atoms with E-state index in [2.05, 4.69) is 15.5 Å². The molecule has 0 saturated heterocycles. The lowest BCUT2D eigenvalue weighted by Gasteiger charge is -2.03. The maximum absolute atomic E-state index is 12.4. The number of carbonyl (C=O) groups is 1. The van der Waals surface area contributed by atoms with Gasteiger partial charge in [0.25, 0.3) is 5.91 Å². The SMILES string of the molecule is Cn1ncc([N+](=O)[O-])c1C(=O)Nc1nn(Cc2ccccc2)cc1Cl. The minimum atomic E-state index is -0.710. The van der Waals surface area contributed by atoms with E-state index in [0.29, 0.717) is 6.54 Å². The van der Waals surface area contributed by atoms with E-state index in [1.54, 1.807) is 10.9 Å². The van der Waals surface area contributed by atoms with Crippen molar-refractivity contribution in [1.29, 1.82) is 0 Å². The fourth-order valence-corrected chi connectivity index (χ4v) is 2.52. The molecule has 0 bridgehead atoms. The van der Waals surface area contributed by atoms with Gasteiger partial charge in [0, 0.05) is 13.2 Å². The van der Waals surface area contributed by atoms with Gasteiger partial charge in [0.2, 0.25) is 5.69 Å². The zero-order chi connectivity index (χ0) is 18.0. The molecule has 3 rings (SSSR count). The molecule has 128 valence electrons.